The van der Waals surface area contributed by atoms with Crippen LogP contribution in [-0.2, 0) is 21.2 Å². The summed E-state index contributed by atoms with van der Waals surface area (Å²) in [5.74, 6) is 0.746. The zero-order valence-electron chi connectivity index (χ0n) is 11.3. The van der Waals surface area contributed by atoms with Gasteiger partial charge in [-0.05, 0) is 30.3 Å². The second kappa shape index (κ2) is 7.51. The van der Waals surface area contributed by atoms with Crippen molar-refractivity contribution < 1.29 is 18.3 Å². The van der Waals surface area contributed by atoms with Gasteiger partial charge in [0.15, 0.2) is 9.84 Å². The SMILES string of the molecule is O=S1(=O)CCC(CNCC(O)COCc2cccs2)C1. The van der Waals surface area contributed by atoms with E-state index in [1.165, 1.54) is 0 Å². The van der Waals surface area contributed by atoms with Gasteiger partial charge in [0.25, 0.3) is 0 Å². The molecule has 0 saturated carbocycles. The quantitative estimate of drug-likeness (QED) is 0.736. The van der Waals surface area contributed by atoms with E-state index >= 15 is 0 Å². The van der Waals surface area contributed by atoms with E-state index in [0.29, 0.717) is 25.4 Å². The molecule has 2 N–H and O–H groups in total. The molecular formula is C13H21NO4S2. The van der Waals surface area contributed by atoms with Crippen molar-refractivity contribution in [3.05, 3.63) is 22.4 Å². The normalized spacial score (nSPS) is 22.9. The molecule has 0 aliphatic carbocycles. The number of hydrogen-bond donors (Lipinski definition) is 2. The lowest BCUT2D eigenvalue weighted by Gasteiger charge is -2.14. The van der Waals surface area contributed by atoms with Gasteiger partial charge in [-0.25, -0.2) is 8.42 Å². The molecule has 0 radical (unpaired) electrons. The minimum absolute atomic E-state index is 0.180. The Labute approximate surface area is 123 Å². The number of thiophene rings is 1. The van der Waals surface area contributed by atoms with Crippen LogP contribution in [-0.4, -0.2) is 50.8 Å². The summed E-state index contributed by atoms with van der Waals surface area (Å²) in [6.07, 6.45) is 0.160. The van der Waals surface area contributed by atoms with Crippen molar-refractivity contribution in [2.24, 2.45) is 5.92 Å². The van der Waals surface area contributed by atoms with Gasteiger partial charge in [-0.2, -0.15) is 0 Å². The standard InChI is InChI=1S/C13H21NO4S2/c15-12(8-18-9-13-2-1-4-19-13)7-14-6-11-3-5-20(16,17)10-11/h1-2,4,11-12,14-15H,3,5-10H2. The van der Waals surface area contributed by atoms with Gasteiger partial charge in [0.05, 0.1) is 30.8 Å². The summed E-state index contributed by atoms with van der Waals surface area (Å²) in [7, 11) is -2.81. The molecule has 2 rings (SSSR count). The molecule has 1 aromatic heterocycles. The zero-order valence-corrected chi connectivity index (χ0v) is 13.0. The number of nitrogens with one attached hydrogen (secondary N) is 1. The second-order valence-electron chi connectivity index (χ2n) is 5.18. The first-order valence-corrected chi connectivity index (χ1v) is 9.44. The van der Waals surface area contributed by atoms with E-state index in [4.69, 9.17) is 4.74 Å². The van der Waals surface area contributed by atoms with Gasteiger partial charge in [0.2, 0.25) is 0 Å². The highest BCUT2D eigenvalue weighted by Gasteiger charge is 2.27. The summed E-state index contributed by atoms with van der Waals surface area (Å²) in [6, 6.07) is 3.97. The van der Waals surface area contributed by atoms with Crippen molar-refractivity contribution in [3.63, 3.8) is 0 Å². The van der Waals surface area contributed by atoms with Crippen LogP contribution >= 0.6 is 11.3 Å². The fraction of sp³-hybridized carbons (Fsp3) is 0.692. The topological polar surface area (TPSA) is 75.6 Å². The van der Waals surface area contributed by atoms with Crippen LogP contribution in [0, 0.1) is 5.92 Å². The molecule has 1 aliphatic heterocycles. The van der Waals surface area contributed by atoms with E-state index < -0.39 is 15.9 Å². The van der Waals surface area contributed by atoms with Crippen molar-refractivity contribution in [3.8, 4) is 0 Å². The summed E-state index contributed by atoms with van der Waals surface area (Å²) in [6.45, 7) is 1.88. The largest absolute Gasteiger partial charge is 0.389 e. The van der Waals surface area contributed by atoms with E-state index in [2.05, 4.69) is 5.32 Å². The van der Waals surface area contributed by atoms with Gasteiger partial charge >= 0.3 is 0 Å². The molecule has 0 bridgehead atoms. The first-order valence-electron chi connectivity index (χ1n) is 6.74. The third kappa shape index (κ3) is 5.49. The molecule has 20 heavy (non-hydrogen) atoms. The number of ether oxygens (including phenoxy) is 1. The van der Waals surface area contributed by atoms with Crippen molar-refractivity contribution >= 4 is 21.2 Å². The molecule has 2 atom stereocenters. The van der Waals surface area contributed by atoms with E-state index in [0.717, 1.165) is 11.3 Å². The average molecular weight is 319 g/mol. The maximum Gasteiger partial charge on any atom is 0.150 e. The predicted molar refractivity (Wildman–Crippen MR) is 79.6 cm³/mol. The number of sulfone groups is 1. The van der Waals surface area contributed by atoms with Crippen LogP contribution in [0.3, 0.4) is 0 Å². The summed E-state index contributed by atoms with van der Waals surface area (Å²) in [5.41, 5.74) is 0. The van der Waals surface area contributed by atoms with E-state index in [1.807, 2.05) is 17.5 Å². The molecule has 1 fully saturated rings. The smallest absolute Gasteiger partial charge is 0.150 e. The third-order valence-corrected chi connectivity index (χ3v) is 5.96. The molecule has 2 unspecified atom stereocenters. The number of rotatable bonds is 8. The summed E-state index contributed by atoms with van der Waals surface area (Å²) in [5, 5.41) is 14.9. The molecular weight excluding hydrogens is 298 g/mol. The first-order chi connectivity index (χ1) is 9.55. The van der Waals surface area contributed by atoms with Crippen LogP contribution in [0.5, 0.6) is 0 Å². The fourth-order valence-corrected chi connectivity index (χ4v) is 4.74. The highest BCUT2D eigenvalue weighted by atomic mass is 32.2. The van der Waals surface area contributed by atoms with Gasteiger partial charge in [0, 0.05) is 11.4 Å². The minimum Gasteiger partial charge on any atom is -0.389 e. The molecule has 5 nitrogen and oxygen atoms in total. The highest BCUT2D eigenvalue weighted by Crippen LogP contribution is 2.17. The van der Waals surface area contributed by atoms with Crippen LogP contribution in [0.1, 0.15) is 11.3 Å². The Balaban J connectivity index is 1.53. The van der Waals surface area contributed by atoms with Crippen molar-refractivity contribution in [2.75, 3.05) is 31.2 Å². The van der Waals surface area contributed by atoms with E-state index in [-0.39, 0.29) is 18.3 Å². The fourth-order valence-electron chi connectivity index (χ4n) is 2.24. The zero-order chi connectivity index (χ0) is 14.4. The van der Waals surface area contributed by atoms with Crippen LogP contribution in [0.15, 0.2) is 17.5 Å². The first kappa shape index (κ1) is 15.9. The average Bonchev–Trinajstić information content (AvgIpc) is 2.99. The Hall–Kier alpha value is -0.470. The lowest BCUT2D eigenvalue weighted by Crippen LogP contribution is -2.33. The number of aliphatic hydroxyl groups excluding tert-OH is 1. The monoisotopic (exact) mass is 319 g/mol. The molecule has 1 saturated heterocycles. The molecule has 0 amide bonds. The molecule has 0 aromatic carbocycles. The maximum absolute atomic E-state index is 11.3. The minimum atomic E-state index is -2.81. The van der Waals surface area contributed by atoms with Gasteiger partial charge in [-0.3, -0.25) is 0 Å². The van der Waals surface area contributed by atoms with Crippen LogP contribution < -0.4 is 5.32 Å². The van der Waals surface area contributed by atoms with Gasteiger partial charge in [-0.15, -0.1) is 11.3 Å². The maximum atomic E-state index is 11.3. The molecule has 0 spiro atoms. The summed E-state index contributed by atoms with van der Waals surface area (Å²) < 4.78 is 28.0. The molecule has 114 valence electrons. The van der Waals surface area contributed by atoms with E-state index in [9.17, 15) is 13.5 Å². The van der Waals surface area contributed by atoms with Gasteiger partial charge in [0.1, 0.15) is 0 Å². The van der Waals surface area contributed by atoms with Crippen LogP contribution in [0.4, 0.5) is 0 Å². The van der Waals surface area contributed by atoms with Crippen molar-refractivity contribution in [1.29, 1.82) is 0 Å². The van der Waals surface area contributed by atoms with Crippen molar-refractivity contribution in [1.82, 2.24) is 5.32 Å². The summed E-state index contributed by atoms with van der Waals surface area (Å²) in [4.78, 5) is 1.14. The summed E-state index contributed by atoms with van der Waals surface area (Å²) >= 11 is 1.63. The van der Waals surface area contributed by atoms with Crippen LogP contribution in [0.25, 0.3) is 0 Å². The Kier molecular flexibility index (Phi) is 5.98. The Morgan fingerprint density at radius 3 is 3.05 bits per heavy atom. The van der Waals surface area contributed by atoms with Gasteiger partial charge < -0.3 is 15.2 Å². The Bertz CT molecular complexity index is 486. The lowest BCUT2D eigenvalue weighted by atomic mass is 10.1. The Morgan fingerprint density at radius 1 is 1.55 bits per heavy atom. The number of hydrogen-bond acceptors (Lipinski definition) is 6. The van der Waals surface area contributed by atoms with E-state index in [1.54, 1.807) is 11.3 Å². The van der Waals surface area contributed by atoms with Gasteiger partial charge in [-0.1, -0.05) is 6.07 Å². The molecule has 1 aromatic rings. The third-order valence-electron chi connectivity index (χ3n) is 3.27. The highest BCUT2D eigenvalue weighted by molar-refractivity contribution is 7.91. The van der Waals surface area contributed by atoms with Crippen LogP contribution in [0.2, 0.25) is 0 Å². The lowest BCUT2D eigenvalue weighted by molar-refractivity contribution is 0.0296. The molecule has 1 aliphatic rings. The predicted octanol–water partition coefficient (Wildman–Crippen LogP) is 0.650. The molecule has 2 heterocycles. The second-order valence-corrected chi connectivity index (χ2v) is 8.44. The van der Waals surface area contributed by atoms with Crippen molar-refractivity contribution in [2.45, 2.75) is 19.1 Å². The Morgan fingerprint density at radius 2 is 2.40 bits per heavy atom. The molecule has 7 heteroatoms. The number of aliphatic hydroxyl groups is 1.